The second-order valence-electron chi connectivity index (χ2n) is 33.6. The summed E-state index contributed by atoms with van der Waals surface area (Å²) in [6.07, 6.45) is 4.43. The summed E-state index contributed by atoms with van der Waals surface area (Å²) >= 11 is 0. The minimum absolute atomic E-state index is 0. The van der Waals surface area contributed by atoms with Crippen molar-refractivity contribution >= 4 is 45.3 Å². The first-order valence-electron chi connectivity index (χ1n) is 31.9. The Morgan fingerprint density at radius 2 is 0.472 bits per heavy atom. The zero-order valence-electron chi connectivity index (χ0n) is 57.7. The largest absolute Gasteiger partial charge is 2.00 e. The molecule has 2 aliphatic rings. The Kier molecular flexibility index (Phi) is 16.1. The number of rotatable bonds is 4. The fourth-order valence-electron chi connectivity index (χ4n) is 12.0. The fraction of sp³-hybridized carbons (Fsp3) is 0.390. The van der Waals surface area contributed by atoms with E-state index in [9.17, 15) is 0 Å². The van der Waals surface area contributed by atoms with Gasteiger partial charge in [0.05, 0.1) is 33.8 Å². The molecule has 0 saturated carbocycles. The van der Waals surface area contributed by atoms with E-state index in [4.69, 9.17) is 29.9 Å². The third kappa shape index (κ3) is 12.7. The van der Waals surface area contributed by atoms with Crippen molar-refractivity contribution in [2.24, 2.45) is 0 Å². The zero-order chi connectivity index (χ0) is 64.0. The monoisotopic (exact) mass is 1230 g/mol. The van der Waals surface area contributed by atoms with Crippen LogP contribution in [0.4, 0.5) is 0 Å². The van der Waals surface area contributed by atoms with Crippen LogP contribution in [0.1, 0.15) is 222 Å². The van der Waals surface area contributed by atoms with E-state index in [2.05, 4.69) is 288 Å². The van der Waals surface area contributed by atoms with Crippen molar-refractivity contribution in [1.29, 1.82) is 0 Å². The van der Waals surface area contributed by atoms with E-state index in [0.717, 1.165) is 100 Å². The molecule has 0 aliphatic carbocycles. The maximum absolute atomic E-state index is 6.11. The second-order valence-corrected chi connectivity index (χ2v) is 33.6. The molecule has 6 nitrogen and oxygen atoms in total. The average molecular weight is 1230 g/mol. The SMILES string of the molecule is CC(C)(C)c1cc(-c2c3nc(c(-c4cc(C(C)(C)C)cc(C(C)(C)C)c4)c4ccc([n-]4)c(-c4cc(C(C)(C)C)cc(C(C)(C)C)c4)c4nc(c(-c5cc(C(C)(C)C)cc(C(C)(C)C)c5)c5ccc2[n-]5)-c2nc5ccccc5nc2-4)C=C3)cc(C(C)(C)C)c1.[Cu+2]. The summed E-state index contributed by atoms with van der Waals surface area (Å²) in [5.74, 6) is 0. The predicted molar refractivity (Wildman–Crippen MR) is 377 cm³/mol. The van der Waals surface area contributed by atoms with Gasteiger partial charge in [0.15, 0.2) is 0 Å². The van der Waals surface area contributed by atoms with Gasteiger partial charge in [-0.15, -0.1) is 22.1 Å². The van der Waals surface area contributed by atoms with Gasteiger partial charge in [0.2, 0.25) is 0 Å². The minimum atomic E-state index is -0.184. The molecule has 0 unspecified atom stereocenters. The third-order valence-corrected chi connectivity index (χ3v) is 18.0. The van der Waals surface area contributed by atoms with Crippen LogP contribution >= 0.6 is 0 Å². The molecule has 0 amide bonds. The van der Waals surface area contributed by atoms with E-state index in [-0.39, 0.29) is 60.4 Å². The summed E-state index contributed by atoms with van der Waals surface area (Å²) in [5.41, 5.74) is 25.9. The Morgan fingerprint density at radius 3 is 0.708 bits per heavy atom. The Labute approximate surface area is 542 Å². The van der Waals surface area contributed by atoms with Crippen molar-refractivity contribution < 1.29 is 17.1 Å². The van der Waals surface area contributed by atoms with Crippen molar-refractivity contribution in [2.45, 2.75) is 209 Å². The van der Waals surface area contributed by atoms with Crippen molar-refractivity contribution in [1.82, 2.24) is 29.9 Å². The molecule has 7 heteroatoms. The molecular weight excluding hydrogens is 1130 g/mol. The van der Waals surface area contributed by atoms with Crippen LogP contribution in [0.5, 0.6) is 0 Å². The standard InChI is InChI=1S/C82H94N6.Cu/c1-75(2,3)51-35-47(36-52(43-51)76(4,5)6)67-61-29-30-62(83-61)68(48-37-53(77(7,8)9)44-54(38-48)78(10,11)12)64-32-34-66(85-64)70(50-41-57(81(19,20)21)46-58(42-50)82(22,23)24)72-74-73(86-59-27-25-26-28-60(59)87-74)71(88-72)69(65-33-31-63(67)84-65)49-39-55(79(13,14)15)45-56(40-49)80(16,17)18;/h25-46H,1-24H3;/q-2;+2. The molecule has 463 valence electrons. The fourth-order valence-corrected chi connectivity index (χ4v) is 12.0. The Bertz CT molecular complexity index is 4090. The smallest absolute Gasteiger partial charge is 0.657 e. The summed E-state index contributed by atoms with van der Waals surface area (Å²) in [4.78, 5) is 35.3. The summed E-state index contributed by atoms with van der Waals surface area (Å²) in [6.45, 7) is 55.4. The molecule has 9 aromatic rings. The maximum Gasteiger partial charge on any atom is 2.00 e. The number of aromatic nitrogens is 6. The predicted octanol–water partition coefficient (Wildman–Crippen LogP) is 22.1. The van der Waals surface area contributed by atoms with Gasteiger partial charge in [-0.2, -0.15) is 0 Å². The zero-order valence-corrected chi connectivity index (χ0v) is 58.6. The number of fused-ring (bicyclic) bond motifs is 12. The number of para-hydroxylation sites is 2. The molecular formula is C82H94CuN6. The van der Waals surface area contributed by atoms with Crippen molar-refractivity contribution in [3.63, 3.8) is 0 Å². The number of hydrogen-bond donors (Lipinski definition) is 0. The van der Waals surface area contributed by atoms with E-state index >= 15 is 0 Å². The van der Waals surface area contributed by atoms with Gasteiger partial charge in [-0.1, -0.05) is 275 Å². The Balaban J connectivity index is 0.00000873. The van der Waals surface area contributed by atoms with Gasteiger partial charge in [-0.3, -0.25) is 0 Å². The molecule has 0 N–H and O–H groups in total. The van der Waals surface area contributed by atoms with Gasteiger partial charge < -0.3 is 9.97 Å². The van der Waals surface area contributed by atoms with Crippen LogP contribution in [0.2, 0.25) is 0 Å². The van der Waals surface area contributed by atoms with E-state index < -0.39 is 0 Å². The average Bonchev–Trinajstić information content (AvgIpc) is 1.63. The summed E-state index contributed by atoms with van der Waals surface area (Å²) in [5, 5.41) is 0. The maximum atomic E-state index is 6.11. The van der Waals surface area contributed by atoms with Crippen molar-refractivity contribution in [3.05, 3.63) is 177 Å². The summed E-state index contributed by atoms with van der Waals surface area (Å²) in [7, 11) is 0. The Hall–Kier alpha value is -7.18. The van der Waals surface area contributed by atoms with Crippen LogP contribution in [-0.4, -0.2) is 19.9 Å². The molecule has 2 aliphatic heterocycles. The molecule has 0 fully saturated rings. The van der Waals surface area contributed by atoms with Crippen LogP contribution < -0.4 is 9.97 Å². The van der Waals surface area contributed by atoms with Gasteiger partial charge in [0.25, 0.3) is 0 Å². The number of benzene rings is 5. The van der Waals surface area contributed by atoms with Crippen molar-refractivity contribution in [3.8, 4) is 67.3 Å². The van der Waals surface area contributed by atoms with Crippen LogP contribution in [0.15, 0.2) is 121 Å². The molecule has 0 spiro atoms. The first-order valence-corrected chi connectivity index (χ1v) is 31.9. The first kappa shape index (κ1) is 64.8. The molecule has 1 radical (unpaired) electrons. The van der Waals surface area contributed by atoms with E-state index in [1.54, 1.807) is 0 Å². The quantitative estimate of drug-likeness (QED) is 0.163. The van der Waals surface area contributed by atoms with Crippen molar-refractivity contribution in [2.75, 3.05) is 0 Å². The minimum Gasteiger partial charge on any atom is -0.657 e. The van der Waals surface area contributed by atoms with Gasteiger partial charge in [0.1, 0.15) is 11.4 Å². The second kappa shape index (κ2) is 22.0. The molecule has 5 aromatic carbocycles. The molecule has 6 heterocycles. The molecule has 4 aromatic heterocycles. The van der Waals surface area contributed by atoms with Crippen LogP contribution in [0, 0.1) is 0 Å². The van der Waals surface area contributed by atoms with E-state index in [0.29, 0.717) is 11.4 Å². The van der Waals surface area contributed by atoms with Gasteiger partial charge in [-0.05, 0) is 157 Å². The molecule has 8 bridgehead atoms. The van der Waals surface area contributed by atoms with E-state index in [1.807, 2.05) is 12.1 Å². The molecule has 0 saturated heterocycles. The first-order chi connectivity index (χ1) is 40.6. The molecule has 89 heavy (non-hydrogen) atoms. The van der Waals surface area contributed by atoms with Crippen LogP contribution in [-0.2, 0) is 60.4 Å². The summed E-state index contributed by atoms with van der Waals surface area (Å²) < 4.78 is 0. The normalized spacial score (nSPS) is 13.5. The molecule has 11 rings (SSSR count). The van der Waals surface area contributed by atoms with Crippen LogP contribution in [0.3, 0.4) is 0 Å². The van der Waals surface area contributed by atoms with Gasteiger partial charge in [0, 0.05) is 0 Å². The molecule has 0 atom stereocenters. The third-order valence-electron chi connectivity index (χ3n) is 18.0. The Morgan fingerprint density at radius 1 is 0.247 bits per heavy atom. The summed E-state index contributed by atoms with van der Waals surface area (Å²) in [6, 6.07) is 45.7. The van der Waals surface area contributed by atoms with Crippen LogP contribution in [0.25, 0.3) is 113 Å². The van der Waals surface area contributed by atoms with Gasteiger partial charge >= 0.3 is 17.1 Å². The van der Waals surface area contributed by atoms with Gasteiger partial charge in [-0.25, -0.2) is 19.9 Å². The number of hydrogen-bond acceptors (Lipinski definition) is 4. The van der Waals surface area contributed by atoms with E-state index in [1.165, 1.54) is 44.5 Å². The number of nitrogens with zero attached hydrogens (tertiary/aromatic N) is 6. The topological polar surface area (TPSA) is 79.8 Å².